The summed E-state index contributed by atoms with van der Waals surface area (Å²) in [6, 6.07) is 23.5. The van der Waals surface area contributed by atoms with Gasteiger partial charge in [-0.05, 0) is 59.4 Å². The van der Waals surface area contributed by atoms with E-state index in [4.69, 9.17) is 33.4 Å². The Balaban J connectivity index is 1.46. The van der Waals surface area contributed by atoms with E-state index in [-0.39, 0.29) is 30.6 Å². The highest BCUT2D eigenvalue weighted by atomic mass is 35.5. The van der Waals surface area contributed by atoms with Crippen LogP contribution in [0.25, 0.3) is 0 Å². The van der Waals surface area contributed by atoms with Gasteiger partial charge < -0.3 is 4.79 Å². The number of hydrazone groups is 1. The van der Waals surface area contributed by atoms with E-state index in [1.54, 1.807) is 16.7 Å². The Kier molecular flexibility index (Phi) is 6.41. The van der Waals surface area contributed by atoms with E-state index in [2.05, 4.69) is 24.3 Å². The monoisotopic (exact) mass is 545 g/mol. The lowest BCUT2D eigenvalue weighted by atomic mass is 9.75. The lowest BCUT2D eigenvalue weighted by molar-refractivity contribution is -0.108. The maximum absolute atomic E-state index is 13.5. The number of anilines is 1. The minimum Gasteiger partial charge on any atom is -0.303 e. The number of hydrogen-bond acceptors (Lipinski definition) is 5. The second-order valence-corrected chi connectivity index (χ2v) is 10.6. The van der Waals surface area contributed by atoms with Gasteiger partial charge in [0, 0.05) is 23.0 Å². The Morgan fingerprint density at radius 1 is 0.947 bits per heavy atom. The van der Waals surface area contributed by atoms with Crippen molar-refractivity contribution >= 4 is 41.1 Å². The normalized spacial score (nSPS) is 18.2. The molecule has 4 aromatic rings. The minimum atomic E-state index is -0.351. The van der Waals surface area contributed by atoms with E-state index in [0.717, 1.165) is 36.0 Å². The van der Waals surface area contributed by atoms with E-state index in [9.17, 15) is 9.59 Å². The van der Waals surface area contributed by atoms with Crippen molar-refractivity contribution in [3.05, 3.63) is 116 Å². The lowest BCUT2D eigenvalue weighted by Gasteiger charge is -2.27. The Morgan fingerprint density at radius 2 is 1.66 bits per heavy atom. The zero-order valence-corrected chi connectivity index (χ0v) is 22.1. The summed E-state index contributed by atoms with van der Waals surface area (Å²) in [6.45, 7) is 1.05. The maximum atomic E-state index is 13.5. The largest absolute Gasteiger partial charge is 0.347 e. The van der Waals surface area contributed by atoms with Crippen molar-refractivity contribution in [1.82, 2.24) is 14.3 Å². The molecule has 192 valence electrons. The highest BCUT2D eigenvalue weighted by molar-refractivity contribution is 6.31. The van der Waals surface area contributed by atoms with Crippen molar-refractivity contribution in [2.45, 2.75) is 37.8 Å². The van der Waals surface area contributed by atoms with Gasteiger partial charge in [0.1, 0.15) is 6.29 Å². The molecule has 1 aliphatic heterocycles. The van der Waals surface area contributed by atoms with E-state index in [1.165, 1.54) is 15.8 Å². The summed E-state index contributed by atoms with van der Waals surface area (Å²) in [5, 5.41) is 12.9. The number of aromatic nitrogens is 3. The molecule has 9 heteroatoms. The van der Waals surface area contributed by atoms with Gasteiger partial charge in [0.05, 0.1) is 24.2 Å². The SMILES string of the molecule is O=CCCn1c(N2C[C@@]3(CCc4ccccc43)C(c3ccc(Cl)cc3)=N2)nn(Cc2ccc(Cl)cc2)c1=O. The molecule has 0 unspecified atom stereocenters. The predicted octanol–water partition coefficient (Wildman–Crippen LogP) is 5.10. The van der Waals surface area contributed by atoms with Crippen molar-refractivity contribution in [3.63, 3.8) is 0 Å². The van der Waals surface area contributed by atoms with E-state index in [1.807, 2.05) is 41.4 Å². The highest BCUT2D eigenvalue weighted by Gasteiger charge is 2.49. The fraction of sp³-hybridized carbons (Fsp3) is 0.241. The molecular weight excluding hydrogens is 521 g/mol. The zero-order valence-electron chi connectivity index (χ0n) is 20.6. The molecule has 0 saturated carbocycles. The number of aryl methyl sites for hydroxylation is 1. The summed E-state index contributed by atoms with van der Waals surface area (Å²) in [5.74, 6) is 0.429. The van der Waals surface area contributed by atoms with Gasteiger partial charge in [-0.1, -0.05) is 71.7 Å². The molecule has 1 spiro atoms. The first-order valence-electron chi connectivity index (χ1n) is 12.6. The third-order valence-corrected chi connectivity index (χ3v) is 7.92. The van der Waals surface area contributed by atoms with Gasteiger partial charge in [0.2, 0.25) is 5.95 Å². The van der Waals surface area contributed by atoms with Gasteiger partial charge in [-0.25, -0.2) is 14.5 Å². The molecule has 38 heavy (non-hydrogen) atoms. The maximum Gasteiger partial charge on any atom is 0.347 e. The number of benzene rings is 3. The molecule has 2 heterocycles. The van der Waals surface area contributed by atoms with Crippen LogP contribution in [0.2, 0.25) is 10.0 Å². The van der Waals surface area contributed by atoms with Gasteiger partial charge in [0.15, 0.2) is 0 Å². The number of fused-ring (bicyclic) bond motifs is 2. The highest BCUT2D eigenvalue weighted by Crippen LogP contribution is 2.46. The summed E-state index contributed by atoms with van der Waals surface area (Å²) in [7, 11) is 0. The van der Waals surface area contributed by atoms with Crippen molar-refractivity contribution in [1.29, 1.82) is 0 Å². The molecule has 0 radical (unpaired) electrons. The quantitative estimate of drug-likeness (QED) is 0.303. The molecule has 0 bridgehead atoms. The van der Waals surface area contributed by atoms with Crippen LogP contribution in [0.4, 0.5) is 5.95 Å². The number of carbonyl (C=O) groups excluding carboxylic acids is 1. The first kappa shape index (κ1) is 24.6. The topological polar surface area (TPSA) is 72.5 Å². The van der Waals surface area contributed by atoms with Gasteiger partial charge in [-0.15, -0.1) is 5.10 Å². The molecule has 0 N–H and O–H groups in total. The van der Waals surface area contributed by atoms with Crippen molar-refractivity contribution < 1.29 is 4.79 Å². The van der Waals surface area contributed by atoms with Crippen molar-refractivity contribution in [2.75, 3.05) is 11.6 Å². The average molecular weight is 546 g/mol. The van der Waals surface area contributed by atoms with Crippen molar-refractivity contribution in [2.24, 2.45) is 5.10 Å². The molecule has 6 rings (SSSR count). The molecule has 0 amide bonds. The third-order valence-electron chi connectivity index (χ3n) is 7.42. The first-order valence-corrected chi connectivity index (χ1v) is 13.3. The molecule has 1 aromatic heterocycles. The minimum absolute atomic E-state index is 0.203. The van der Waals surface area contributed by atoms with E-state index in [0.29, 0.717) is 22.5 Å². The second kappa shape index (κ2) is 9.89. The molecule has 0 saturated heterocycles. The standard InChI is InChI=1S/C29H25Cl2N5O2/c30-23-10-6-20(7-11-23)18-35-28(38)34(16-3-17-37)27(33-35)36-19-29(15-14-21-4-1-2-5-25(21)29)26(32-36)22-8-12-24(31)13-9-22/h1-2,4-13,17H,3,14-16,18-19H2/t29-/m1/s1. The number of rotatable bonds is 7. The van der Waals surface area contributed by atoms with Crippen LogP contribution in [0.3, 0.4) is 0 Å². The zero-order chi connectivity index (χ0) is 26.3. The number of carbonyl (C=O) groups is 1. The van der Waals surface area contributed by atoms with Gasteiger partial charge in [-0.3, -0.25) is 4.57 Å². The summed E-state index contributed by atoms with van der Waals surface area (Å²) in [5.41, 5.74) is 4.73. The first-order chi connectivity index (χ1) is 18.5. The fourth-order valence-electron chi connectivity index (χ4n) is 5.60. The van der Waals surface area contributed by atoms with Crippen LogP contribution >= 0.6 is 23.2 Å². The Bertz CT molecular complexity index is 1590. The summed E-state index contributed by atoms with van der Waals surface area (Å²) in [4.78, 5) is 24.7. The van der Waals surface area contributed by atoms with Crippen LogP contribution in [0.5, 0.6) is 0 Å². The molecule has 7 nitrogen and oxygen atoms in total. The number of nitrogens with zero attached hydrogens (tertiary/aromatic N) is 5. The summed E-state index contributed by atoms with van der Waals surface area (Å²) >= 11 is 12.2. The lowest BCUT2D eigenvalue weighted by Crippen LogP contribution is -2.37. The second-order valence-electron chi connectivity index (χ2n) is 9.73. The van der Waals surface area contributed by atoms with Gasteiger partial charge in [-0.2, -0.15) is 5.10 Å². The third kappa shape index (κ3) is 4.25. The Morgan fingerprint density at radius 3 is 2.39 bits per heavy atom. The molecule has 2 aliphatic rings. The molecule has 0 fully saturated rings. The molecule has 3 aromatic carbocycles. The Hall–Kier alpha value is -3.68. The van der Waals surface area contributed by atoms with Crippen LogP contribution in [-0.2, 0) is 29.7 Å². The number of aldehydes is 1. The molecular formula is C29H25Cl2N5O2. The van der Waals surface area contributed by atoms with E-state index >= 15 is 0 Å². The van der Waals surface area contributed by atoms with Gasteiger partial charge >= 0.3 is 5.69 Å². The fourth-order valence-corrected chi connectivity index (χ4v) is 5.85. The summed E-state index contributed by atoms with van der Waals surface area (Å²) in [6.07, 6.45) is 2.86. The molecule has 1 atom stereocenters. The predicted molar refractivity (Wildman–Crippen MR) is 149 cm³/mol. The number of halogens is 2. The average Bonchev–Trinajstić information content (AvgIpc) is 3.59. The Labute approximate surface area is 229 Å². The van der Waals surface area contributed by atoms with Crippen LogP contribution in [-0.4, -0.2) is 32.9 Å². The van der Waals surface area contributed by atoms with Crippen LogP contribution in [0.1, 0.15) is 35.1 Å². The number of hydrogen-bond donors (Lipinski definition) is 0. The smallest absolute Gasteiger partial charge is 0.303 e. The summed E-state index contributed by atoms with van der Waals surface area (Å²) < 4.78 is 2.97. The van der Waals surface area contributed by atoms with Crippen LogP contribution in [0.15, 0.2) is 82.7 Å². The molecule has 1 aliphatic carbocycles. The van der Waals surface area contributed by atoms with Crippen LogP contribution < -0.4 is 10.7 Å². The van der Waals surface area contributed by atoms with E-state index < -0.39 is 0 Å². The van der Waals surface area contributed by atoms with Gasteiger partial charge in [0.25, 0.3) is 0 Å². The van der Waals surface area contributed by atoms with Crippen molar-refractivity contribution in [3.8, 4) is 0 Å². The van der Waals surface area contributed by atoms with Crippen LogP contribution in [0, 0.1) is 0 Å².